The Balaban J connectivity index is 2.84. The number of nitrogen functional groups attached to an aromatic ring is 1. The van der Waals surface area contributed by atoms with Crippen molar-refractivity contribution in [3.8, 4) is 0 Å². The number of nitrogens with two attached hydrogens (primary N) is 1. The highest BCUT2D eigenvalue weighted by atomic mass is 16.5. The van der Waals surface area contributed by atoms with Crippen molar-refractivity contribution in [2.45, 2.75) is 6.92 Å². The van der Waals surface area contributed by atoms with Crippen LogP contribution in [0.1, 0.15) is 6.92 Å². The molecule has 1 aromatic carbocycles. The van der Waals surface area contributed by atoms with E-state index in [0.717, 1.165) is 0 Å². The van der Waals surface area contributed by atoms with Gasteiger partial charge in [-0.2, -0.15) is 0 Å². The Labute approximate surface area is 86.4 Å². The minimum Gasteiger partial charge on any atom is -0.450 e. The second-order valence-corrected chi connectivity index (χ2v) is 2.71. The normalized spacial score (nSPS) is 9.40. The van der Waals surface area contributed by atoms with Crippen molar-refractivity contribution in [3.63, 3.8) is 0 Å². The van der Waals surface area contributed by atoms with Gasteiger partial charge in [-0.25, -0.2) is 4.79 Å². The summed E-state index contributed by atoms with van der Waals surface area (Å²) >= 11 is 0. The quantitative estimate of drug-likeness (QED) is 0.589. The summed E-state index contributed by atoms with van der Waals surface area (Å²) < 4.78 is 4.65. The van der Waals surface area contributed by atoms with Gasteiger partial charge in [0, 0.05) is 5.69 Å². The number of rotatable bonds is 3. The average Bonchev–Trinajstić information content (AvgIpc) is 2.21. The van der Waals surface area contributed by atoms with Gasteiger partial charge in [0.05, 0.1) is 12.3 Å². The number of hydrogen-bond donors (Lipinski definition) is 2. The van der Waals surface area contributed by atoms with E-state index in [1.807, 2.05) is 0 Å². The van der Waals surface area contributed by atoms with Gasteiger partial charge in [0.2, 0.25) is 0 Å². The van der Waals surface area contributed by atoms with E-state index in [2.05, 4.69) is 15.2 Å². The molecule has 0 aliphatic heterocycles. The lowest BCUT2D eigenvalue weighted by Crippen LogP contribution is -2.13. The summed E-state index contributed by atoms with van der Waals surface area (Å²) in [5, 5.41) is 5.12. The van der Waals surface area contributed by atoms with Crippen molar-refractivity contribution in [1.29, 1.82) is 0 Å². The lowest BCUT2D eigenvalue weighted by molar-refractivity contribution is 0.168. The number of anilines is 2. The minimum atomic E-state index is -0.632. The molecular weight excluding hydrogens is 198 g/mol. The third kappa shape index (κ3) is 2.94. The summed E-state index contributed by atoms with van der Waals surface area (Å²) in [6, 6.07) is 4.41. The average molecular weight is 209 g/mol. The Morgan fingerprint density at radius 1 is 1.60 bits per heavy atom. The number of nitrogens with zero attached hydrogens (tertiary/aromatic N) is 1. The zero-order valence-electron chi connectivity index (χ0n) is 8.19. The Kier molecular flexibility index (Phi) is 3.61. The fraction of sp³-hybridized carbons (Fsp3) is 0.222. The molecule has 0 saturated carbocycles. The predicted octanol–water partition coefficient (Wildman–Crippen LogP) is 2.24. The van der Waals surface area contributed by atoms with E-state index in [9.17, 15) is 9.70 Å². The minimum absolute atomic E-state index is 0.0723. The van der Waals surface area contributed by atoms with Crippen molar-refractivity contribution in [2.75, 3.05) is 17.7 Å². The van der Waals surface area contributed by atoms with Crippen LogP contribution < -0.4 is 11.1 Å². The smallest absolute Gasteiger partial charge is 0.411 e. The molecule has 0 fully saturated rings. The zero-order chi connectivity index (χ0) is 11.3. The summed E-state index contributed by atoms with van der Waals surface area (Å²) in [5.41, 5.74) is 6.20. The van der Waals surface area contributed by atoms with Crippen LogP contribution in [0.15, 0.2) is 23.4 Å². The molecule has 1 amide bonds. The molecule has 0 aliphatic rings. The molecule has 0 unspecified atom stereocenters. The van der Waals surface area contributed by atoms with E-state index in [0.29, 0.717) is 5.69 Å². The second-order valence-electron chi connectivity index (χ2n) is 2.71. The standard InChI is InChI=1S/C9H11N3O3/c1-2-15-9(13)11-7-4-3-6(10)5-8(7)12-14/h3-5H,2,10H2,1H3,(H,11,13). The lowest BCUT2D eigenvalue weighted by atomic mass is 10.2. The second kappa shape index (κ2) is 4.94. The topological polar surface area (TPSA) is 93.8 Å². The molecule has 3 N–H and O–H groups in total. The van der Waals surface area contributed by atoms with Gasteiger partial charge in [-0.05, 0) is 30.3 Å². The van der Waals surface area contributed by atoms with Crippen molar-refractivity contribution < 1.29 is 9.53 Å². The van der Waals surface area contributed by atoms with Gasteiger partial charge in [-0.1, -0.05) is 0 Å². The number of carbonyl (C=O) groups excluding carboxylic acids is 1. The number of benzene rings is 1. The molecule has 0 aromatic heterocycles. The first-order chi connectivity index (χ1) is 7.17. The van der Waals surface area contributed by atoms with Crippen LogP contribution in [0.3, 0.4) is 0 Å². The lowest BCUT2D eigenvalue weighted by Gasteiger charge is -2.06. The summed E-state index contributed by atoms with van der Waals surface area (Å²) in [7, 11) is 0. The molecular formula is C9H11N3O3. The van der Waals surface area contributed by atoms with E-state index >= 15 is 0 Å². The van der Waals surface area contributed by atoms with Crippen molar-refractivity contribution in [1.82, 2.24) is 0 Å². The monoisotopic (exact) mass is 209 g/mol. The maximum Gasteiger partial charge on any atom is 0.411 e. The molecule has 0 radical (unpaired) electrons. The van der Waals surface area contributed by atoms with Gasteiger partial charge in [0.1, 0.15) is 5.69 Å². The highest BCUT2D eigenvalue weighted by Crippen LogP contribution is 2.26. The van der Waals surface area contributed by atoms with E-state index in [4.69, 9.17) is 5.73 Å². The van der Waals surface area contributed by atoms with Crippen LogP contribution >= 0.6 is 0 Å². The van der Waals surface area contributed by atoms with Crippen LogP contribution in [0.2, 0.25) is 0 Å². The Bertz CT molecular complexity index is 379. The van der Waals surface area contributed by atoms with Crippen LogP contribution in [-0.4, -0.2) is 12.7 Å². The van der Waals surface area contributed by atoms with Crippen LogP contribution in [0.5, 0.6) is 0 Å². The van der Waals surface area contributed by atoms with Gasteiger partial charge in [0.25, 0.3) is 0 Å². The fourth-order valence-electron chi connectivity index (χ4n) is 1.01. The molecule has 0 spiro atoms. The first kappa shape index (κ1) is 11.0. The number of nitrogens with one attached hydrogen (secondary N) is 1. The molecule has 0 bridgehead atoms. The maximum atomic E-state index is 11.1. The molecule has 0 aliphatic carbocycles. The van der Waals surface area contributed by atoms with Crippen molar-refractivity contribution >= 4 is 23.2 Å². The molecule has 1 aromatic rings. The van der Waals surface area contributed by atoms with Crippen molar-refractivity contribution in [2.24, 2.45) is 5.18 Å². The van der Waals surface area contributed by atoms with Gasteiger partial charge in [-0.15, -0.1) is 4.91 Å². The van der Waals surface area contributed by atoms with Gasteiger partial charge in [-0.3, -0.25) is 5.32 Å². The number of hydrogen-bond acceptors (Lipinski definition) is 5. The third-order valence-electron chi connectivity index (χ3n) is 1.63. The summed E-state index contributed by atoms with van der Waals surface area (Å²) in [5.74, 6) is 0. The van der Waals surface area contributed by atoms with Gasteiger partial charge in [0.15, 0.2) is 0 Å². The van der Waals surface area contributed by atoms with Crippen LogP contribution in [0, 0.1) is 4.91 Å². The molecule has 80 valence electrons. The highest BCUT2D eigenvalue weighted by Gasteiger charge is 2.07. The molecule has 0 heterocycles. The van der Waals surface area contributed by atoms with Crippen LogP contribution in [-0.2, 0) is 4.74 Å². The fourth-order valence-corrected chi connectivity index (χ4v) is 1.01. The van der Waals surface area contributed by atoms with Crippen molar-refractivity contribution in [3.05, 3.63) is 23.1 Å². The van der Waals surface area contributed by atoms with Gasteiger partial charge >= 0.3 is 6.09 Å². The maximum absolute atomic E-state index is 11.1. The van der Waals surface area contributed by atoms with Gasteiger partial charge < -0.3 is 10.5 Å². The Hall–Kier alpha value is -2.11. The Morgan fingerprint density at radius 3 is 2.93 bits per heavy atom. The third-order valence-corrected chi connectivity index (χ3v) is 1.63. The first-order valence-corrected chi connectivity index (χ1v) is 4.34. The molecule has 6 heteroatoms. The summed E-state index contributed by atoms with van der Waals surface area (Å²) in [4.78, 5) is 21.5. The van der Waals surface area contributed by atoms with Crippen LogP contribution in [0.25, 0.3) is 0 Å². The summed E-state index contributed by atoms with van der Waals surface area (Å²) in [6.07, 6.45) is -0.632. The highest BCUT2D eigenvalue weighted by molar-refractivity contribution is 5.89. The van der Waals surface area contributed by atoms with E-state index in [1.54, 1.807) is 13.0 Å². The molecule has 0 atom stereocenters. The van der Waals surface area contributed by atoms with Crippen LogP contribution in [0.4, 0.5) is 21.9 Å². The number of carbonyl (C=O) groups is 1. The number of nitroso groups, excluding NO2 is 1. The molecule has 15 heavy (non-hydrogen) atoms. The van der Waals surface area contributed by atoms with E-state index in [-0.39, 0.29) is 18.0 Å². The van der Waals surface area contributed by atoms with E-state index < -0.39 is 6.09 Å². The molecule has 1 rings (SSSR count). The summed E-state index contributed by atoms with van der Waals surface area (Å²) in [6.45, 7) is 1.94. The number of ether oxygens (including phenoxy) is 1. The predicted molar refractivity (Wildman–Crippen MR) is 57.0 cm³/mol. The number of amides is 1. The Morgan fingerprint density at radius 2 is 2.33 bits per heavy atom. The first-order valence-electron chi connectivity index (χ1n) is 4.34. The van der Waals surface area contributed by atoms with E-state index in [1.165, 1.54) is 12.1 Å². The SMILES string of the molecule is CCOC(=O)Nc1ccc(N)cc1N=O. The largest absolute Gasteiger partial charge is 0.450 e. The molecule has 6 nitrogen and oxygen atoms in total. The molecule has 0 saturated heterocycles. The zero-order valence-corrected chi connectivity index (χ0v) is 8.19.